The molecule has 16 heavy (non-hydrogen) atoms. The van der Waals surface area contributed by atoms with Gasteiger partial charge in [0.25, 0.3) is 0 Å². The van der Waals surface area contributed by atoms with Gasteiger partial charge in [-0.3, -0.25) is 0 Å². The molecule has 88 valence electrons. The van der Waals surface area contributed by atoms with Gasteiger partial charge >= 0.3 is 11.2 Å². The number of carbonyl (C=O) groups is 1. The summed E-state index contributed by atoms with van der Waals surface area (Å²) in [5, 5.41) is 13.8. The zero-order valence-corrected chi connectivity index (χ0v) is 12.5. The Kier molecular flexibility index (Phi) is 4.63. The molecule has 0 heterocycles. The minimum absolute atomic E-state index is 0.00388. The van der Waals surface area contributed by atoms with Gasteiger partial charge in [-0.2, -0.15) is 8.78 Å². The Balaban J connectivity index is 3.04. The van der Waals surface area contributed by atoms with Crippen LogP contribution in [0.2, 0.25) is 0 Å². The second-order valence-corrected chi connectivity index (χ2v) is 6.17. The molecule has 8 heteroatoms. The van der Waals surface area contributed by atoms with E-state index in [0.717, 1.165) is 0 Å². The Bertz CT molecular complexity index is 416. The van der Waals surface area contributed by atoms with Crippen LogP contribution in [0.15, 0.2) is 17.0 Å². The van der Waals surface area contributed by atoms with Crippen molar-refractivity contribution in [3.63, 3.8) is 0 Å². The van der Waals surface area contributed by atoms with Crippen LogP contribution in [0.1, 0.15) is 0 Å². The second-order valence-electron chi connectivity index (χ2n) is 2.66. The fourth-order valence-electron chi connectivity index (χ4n) is 0.793. The second kappa shape index (κ2) is 5.21. The topological polar surface area (TPSA) is 57.5 Å². The fourth-order valence-corrected chi connectivity index (χ4v) is 3.72. The van der Waals surface area contributed by atoms with E-state index in [1.807, 2.05) is 0 Å². The average Bonchev–Trinajstić information content (AvgIpc) is 2.13. The van der Waals surface area contributed by atoms with E-state index in [9.17, 15) is 18.7 Å². The van der Waals surface area contributed by atoms with E-state index >= 15 is 0 Å². The van der Waals surface area contributed by atoms with E-state index in [4.69, 9.17) is 5.11 Å². The van der Waals surface area contributed by atoms with Crippen LogP contribution >= 0.6 is 56.9 Å². The van der Waals surface area contributed by atoms with Crippen molar-refractivity contribution in [2.24, 2.45) is 0 Å². The largest absolute Gasteiger partial charge is 0.506 e. The van der Waals surface area contributed by atoms with Crippen LogP contribution in [0, 0.1) is 7.14 Å². The van der Waals surface area contributed by atoms with Gasteiger partial charge in [-0.15, -0.1) is 0 Å². The SMILES string of the molecule is O=C(O)C(F)(F)Sc1cc(I)c(O)c(I)c1. The maximum Gasteiger partial charge on any atom is 0.393 e. The van der Waals surface area contributed by atoms with Crippen LogP contribution in [0.4, 0.5) is 8.78 Å². The van der Waals surface area contributed by atoms with Gasteiger partial charge < -0.3 is 10.2 Å². The number of carboxylic acid groups (broad SMARTS) is 1. The first-order valence-corrected chi connectivity index (χ1v) is 6.69. The number of phenolic OH excluding ortho intramolecular Hbond substituents is 1. The van der Waals surface area contributed by atoms with Gasteiger partial charge in [0, 0.05) is 4.90 Å². The maximum atomic E-state index is 12.9. The number of halogens is 4. The van der Waals surface area contributed by atoms with Crippen molar-refractivity contribution in [2.45, 2.75) is 10.2 Å². The van der Waals surface area contributed by atoms with Gasteiger partial charge in [0.2, 0.25) is 0 Å². The Labute approximate surface area is 121 Å². The molecule has 0 unspecified atom stereocenters. The Hall–Kier alpha value is 0.160. The van der Waals surface area contributed by atoms with E-state index in [0.29, 0.717) is 7.14 Å². The molecule has 1 aromatic rings. The molecule has 1 rings (SSSR count). The molecule has 0 saturated heterocycles. The molecule has 0 aromatic heterocycles. The number of carboxylic acids is 1. The van der Waals surface area contributed by atoms with Crippen LogP contribution in [-0.4, -0.2) is 21.4 Å². The monoisotopic (exact) mass is 472 g/mol. The summed E-state index contributed by atoms with van der Waals surface area (Å²) in [6.07, 6.45) is 0. The summed E-state index contributed by atoms with van der Waals surface area (Å²) >= 11 is 3.51. The molecule has 3 nitrogen and oxygen atoms in total. The number of aliphatic carboxylic acids is 1. The van der Waals surface area contributed by atoms with Gasteiger partial charge in [-0.1, -0.05) is 0 Å². The molecule has 0 bridgehead atoms. The summed E-state index contributed by atoms with van der Waals surface area (Å²) in [4.78, 5) is 10.3. The number of hydrogen-bond acceptors (Lipinski definition) is 3. The number of hydrogen-bond donors (Lipinski definition) is 2. The van der Waals surface area contributed by atoms with Crippen LogP contribution in [0.3, 0.4) is 0 Å². The zero-order valence-electron chi connectivity index (χ0n) is 7.38. The molecule has 0 aliphatic rings. The van der Waals surface area contributed by atoms with Crippen molar-refractivity contribution in [2.75, 3.05) is 0 Å². The number of phenols is 1. The third kappa shape index (κ3) is 3.32. The first-order chi connectivity index (χ1) is 7.24. The highest BCUT2D eigenvalue weighted by Crippen LogP contribution is 2.39. The predicted molar refractivity (Wildman–Crippen MR) is 72.0 cm³/mol. The lowest BCUT2D eigenvalue weighted by Gasteiger charge is -2.11. The average molecular weight is 472 g/mol. The van der Waals surface area contributed by atoms with Crippen molar-refractivity contribution in [1.82, 2.24) is 0 Å². The molecule has 1 aromatic carbocycles. The van der Waals surface area contributed by atoms with Crippen LogP contribution in [-0.2, 0) is 4.79 Å². The first-order valence-electron chi connectivity index (χ1n) is 3.72. The predicted octanol–water partition coefficient (Wildman–Crippen LogP) is 3.37. The maximum absolute atomic E-state index is 12.9. The summed E-state index contributed by atoms with van der Waals surface area (Å²) in [7, 11) is 0. The summed E-state index contributed by atoms with van der Waals surface area (Å²) in [5.41, 5.74) is 0. The molecular weight excluding hydrogens is 468 g/mol. The smallest absolute Gasteiger partial charge is 0.393 e. The molecule has 0 amide bonds. The number of thioether (sulfide) groups is 1. The van der Waals surface area contributed by atoms with Crippen molar-refractivity contribution in [3.05, 3.63) is 19.3 Å². The molecule has 2 N–H and O–H groups in total. The number of rotatable bonds is 3. The highest BCUT2D eigenvalue weighted by molar-refractivity contribution is 14.1. The van der Waals surface area contributed by atoms with E-state index in [2.05, 4.69) is 0 Å². The van der Waals surface area contributed by atoms with Gasteiger partial charge in [0.15, 0.2) is 0 Å². The highest BCUT2D eigenvalue weighted by Gasteiger charge is 2.40. The van der Waals surface area contributed by atoms with Crippen molar-refractivity contribution in [1.29, 1.82) is 0 Å². The van der Waals surface area contributed by atoms with Crippen LogP contribution in [0.25, 0.3) is 0 Å². The molecule has 0 atom stereocenters. The molecule has 0 aliphatic carbocycles. The van der Waals surface area contributed by atoms with E-state index in [1.165, 1.54) is 12.1 Å². The van der Waals surface area contributed by atoms with Crippen molar-refractivity contribution < 1.29 is 23.8 Å². The Morgan fingerprint density at radius 2 is 1.75 bits per heavy atom. The number of benzene rings is 1. The summed E-state index contributed by atoms with van der Waals surface area (Å²) < 4.78 is 26.6. The number of alkyl halides is 2. The quantitative estimate of drug-likeness (QED) is 0.524. The third-order valence-corrected chi connectivity index (χ3v) is 4.03. The van der Waals surface area contributed by atoms with Crippen molar-refractivity contribution in [3.8, 4) is 5.75 Å². The first kappa shape index (κ1) is 14.2. The molecule has 0 aliphatic heterocycles. The third-order valence-electron chi connectivity index (χ3n) is 1.49. The lowest BCUT2D eigenvalue weighted by molar-refractivity contribution is -0.152. The normalized spacial score (nSPS) is 11.5. The minimum atomic E-state index is -3.87. The molecule has 0 saturated carbocycles. The fraction of sp³-hybridized carbons (Fsp3) is 0.125. The lowest BCUT2D eigenvalue weighted by Crippen LogP contribution is -2.23. The van der Waals surface area contributed by atoms with E-state index in [1.54, 1.807) is 45.2 Å². The highest BCUT2D eigenvalue weighted by atomic mass is 127. The summed E-state index contributed by atoms with van der Waals surface area (Å²) in [6, 6.07) is 2.61. The van der Waals surface area contributed by atoms with Crippen LogP contribution in [0.5, 0.6) is 5.75 Å². The summed E-state index contributed by atoms with van der Waals surface area (Å²) in [5.74, 6) is -2.18. The van der Waals surface area contributed by atoms with E-state index < -0.39 is 11.2 Å². The molecule has 0 radical (unpaired) electrons. The standard InChI is InChI=1S/C8H4F2I2O3S/c9-8(10,7(14)15)16-3-1-4(11)6(13)5(12)2-3/h1-2,13H,(H,14,15). The van der Waals surface area contributed by atoms with Gasteiger partial charge in [0.1, 0.15) is 5.75 Å². The van der Waals surface area contributed by atoms with Gasteiger partial charge in [-0.25, -0.2) is 4.79 Å². The molecule has 0 spiro atoms. The van der Waals surface area contributed by atoms with E-state index in [-0.39, 0.29) is 22.4 Å². The summed E-state index contributed by atoms with van der Waals surface area (Å²) in [6.45, 7) is 0. The molecular formula is C8H4F2I2O3S. The van der Waals surface area contributed by atoms with Gasteiger partial charge in [-0.05, 0) is 69.1 Å². The lowest BCUT2D eigenvalue weighted by atomic mass is 10.3. The minimum Gasteiger partial charge on any atom is -0.506 e. The number of aromatic hydroxyl groups is 1. The van der Waals surface area contributed by atoms with Crippen molar-refractivity contribution >= 4 is 62.9 Å². The Morgan fingerprint density at radius 1 is 1.31 bits per heavy atom. The van der Waals surface area contributed by atoms with Gasteiger partial charge in [0.05, 0.1) is 7.14 Å². The van der Waals surface area contributed by atoms with Crippen LogP contribution < -0.4 is 0 Å². The Morgan fingerprint density at radius 3 is 2.12 bits per heavy atom. The zero-order chi connectivity index (χ0) is 12.5. The molecule has 0 fully saturated rings.